The molecule has 8 rings (SSSR count). The maximum Gasteiger partial charge on any atom is 0.450 e. The Hall–Kier alpha value is -7.15. The number of ether oxygens (including phenoxy) is 2. The number of hydrogen-bond acceptors (Lipinski definition) is 8. The van der Waals surface area contributed by atoms with Crippen molar-refractivity contribution in [1.82, 2.24) is 19.1 Å². The average molecular weight is 1040 g/mol. The summed E-state index contributed by atoms with van der Waals surface area (Å²) < 4.78 is 251. The summed E-state index contributed by atoms with van der Waals surface area (Å²) in [6.45, 7) is 2.63. The molecule has 2 heterocycles. The number of para-hydroxylation sites is 1. The van der Waals surface area contributed by atoms with Gasteiger partial charge in [-0.05, 0) is 116 Å². The maximum absolute atomic E-state index is 15.0. The largest absolute Gasteiger partial charge is 0.457 e. The molecule has 71 heavy (non-hydrogen) atoms. The Kier molecular flexibility index (Phi) is 12.3. The molecule has 25 heteroatoms. The SMILES string of the molecule is CC(C)S(=O)(=O)c1ccc(-c2cc(C(F)(F)F)c3nc(C(F)(F)F)n(-c4ccc(Oc5cc(F)cc(S(C)(=O)=O)c5)cc4)c3c2)c(Oc2ccc(-n3c(C(F)(F)F)nc4c(C(F)(F)F)cccc43)cc2)c1. The van der Waals surface area contributed by atoms with Gasteiger partial charge in [0.25, 0.3) is 0 Å². The molecule has 0 N–H and O–H groups in total. The quantitative estimate of drug-likeness (QED) is 0.124. The van der Waals surface area contributed by atoms with Crippen LogP contribution in [0.2, 0.25) is 0 Å². The number of alkyl halides is 12. The molecule has 0 radical (unpaired) electrons. The van der Waals surface area contributed by atoms with Crippen molar-refractivity contribution < 1.29 is 83.4 Å². The Morgan fingerprint density at radius 2 is 1.04 bits per heavy atom. The van der Waals surface area contributed by atoms with Gasteiger partial charge in [0.15, 0.2) is 19.7 Å². The fourth-order valence-corrected chi connectivity index (χ4v) is 9.18. The van der Waals surface area contributed by atoms with E-state index in [9.17, 15) is 73.9 Å². The van der Waals surface area contributed by atoms with Crippen molar-refractivity contribution in [1.29, 1.82) is 0 Å². The summed E-state index contributed by atoms with van der Waals surface area (Å²) in [7, 11) is -8.11. The second kappa shape index (κ2) is 17.3. The van der Waals surface area contributed by atoms with Crippen LogP contribution in [0.1, 0.15) is 36.6 Å². The smallest absolute Gasteiger partial charge is 0.450 e. The van der Waals surface area contributed by atoms with E-state index in [4.69, 9.17) is 9.47 Å². The van der Waals surface area contributed by atoms with Gasteiger partial charge >= 0.3 is 24.7 Å². The number of rotatable bonds is 10. The van der Waals surface area contributed by atoms with Gasteiger partial charge in [-0.3, -0.25) is 9.13 Å². The van der Waals surface area contributed by atoms with E-state index >= 15 is 0 Å². The molecule has 8 aromatic rings. The molecule has 0 spiro atoms. The topological polar surface area (TPSA) is 122 Å². The van der Waals surface area contributed by atoms with Crippen molar-refractivity contribution in [3.8, 4) is 45.5 Å². The molecule has 0 aliphatic heterocycles. The van der Waals surface area contributed by atoms with Crippen LogP contribution >= 0.6 is 0 Å². The summed E-state index contributed by atoms with van der Waals surface area (Å²) in [6, 6.07) is 17.3. The predicted octanol–water partition coefficient (Wildman–Crippen LogP) is 13.4. The van der Waals surface area contributed by atoms with Crippen molar-refractivity contribution in [2.24, 2.45) is 0 Å². The Morgan fingerprint density at radius 1 is 0.521 bits per heavy atom. The minimum absolute atomic E-state index is 0.172. The Morgan fingerprint density at radius 3 is 1.55 bits per heavy atom. The van der Waals surface area contributed by atoms with E-state index < -0.39 is 127 Å². The number of benzene rings is 6. The molecule has 0 saturated carbocycles. The number of nitrogens with zero attached hydrogens (tertiary/aromatic N) is 4. The average Bonchev–Trinajstić information content (AvgIpc) is 3.86. The zero-order valence-electron chi connectivity index (χ0n) is 36.0. The van der Waals surface area contributed by atoms with Gasteiger partial charge in [0.05, 0.1) is 37.2 Å². The molecule has 0 atom stereocenters. The lowest BCUT2D eigenvalue weighted by Crippen LogP contribution is -2.14. The van der Waals surface area contributed by atoms with Gasteiger partial charge in [-0.2, -0.15) is 52.7 Å². The number of halogens is 13. The lowest BCUT2D eigenvalue weighted by Gasteiger charge is -2.18. The lowest BCUT2D eigenvalue weighted by atomic mass is 10.00. The predicted molar refractivity (Wildman–Crippen MR) is 230 cm³/mol. The molecule has 0 unspecified atom stereocenters. The van der Waals surface area contributed by atoms with Crippen LogP contribution in [0, 0.1) is 5.82 Å². The Bertz CT molecular complexity index is 3620. The van der Waals surface area contributed by atoms with Crippen molar-refractivity contribution in [3.05, 3.63) is 144 Å². The highest BCUT2D eigenvalue weighted by molar-refractivity contribution is 7.92. The van der Waals surface area contributed by atoms with Crippen molar-refractivity contribution >= 4 is 41.7 Å². The molecule has 0 amide bonds. The normalized spacial score (nSPS) is 13.1. The van der Waals surface area contributed by atoms with Crippen LogP contribution in [-0.2, 0) is 44.4 Å². The lowest BCUT2D eigenvalue weighted by molar-refractivity contribution is -0.146. The van der Waals surface area contributed by atoms with Gasteiger partial charge in [0.2, 0.25) is 11.6 Å². The van der Waals surface area contributed by atoms with Gasteiger partial charge in [-0.15, -0.1) is 0 Å². The molecule has 0 saturated heterocycles. The van der Waals surface area contributed by atoms with Crippen LogP contribution in [0.5, 0.6) is 23.0 Å². The Labute approximate surface area is 392 Å². The monoisotopic (exact) mass is 1040 g/mol. The first-order valence-corrected chi connectivity index (χ1v) is 23.6. The fraction of sp³-hybridized carbons (Fsp3) is 0.174. The van der Waals surface area contributed by atoms with Crippen molar-refractivity contribution in [2.45, 2.75) is 53.6 Å². The summed E-state index contributed by atoms with van der Waals surface area (Å²) in [5.74, 6) is -5.88. The molecular formula is C46H29F13N4O6S2. The van der Waals surface area contributed by atoms with E-state index in [1.807, 2.05) is 0 Å². The minimum atomic E-state index is -5.40. The summed E-state index contributed by atoms with van der Waals surface area (Å²) in [5, 5.41) is -1.08. The van der Waals surface area contributed by atoms with Crippen LogP contribution < -0.4 is 9.47 Å². The summed E-state index contributed by atoms with van der Waals surface area (Å²) in [5.41, 5.74) is -8.37. The van der Waals surface area contributed by atoms with E-state index in [2.05, 4.69) is 9.97 Å². The van der Waals surface area contributed by atoms with Crippen LogP contribution in [0.25, 0.3) is 44.6 Å². The van der Waals surface area contributed by atoms with E-state index in [0.29, 0.717) is 21.3 Å². The second-order valence-electron chi connectivity index (χ2n) is 15.9. The third-order valence-corrected chi connectivity index (χ3v) is 13.9. The van der Waals surface area contributed by atoms with Gasteiger partial charge in [0, 0.05) is 35.3 Å². The van der Waals surface area contributed by atoms with E-state index in [1.54, 1.807) is 0 Å². The number of sulfone groups is 2. The highest BCUT2D eigenvalue weighted by Gasteiger charge is 2.43. The first-order chi connectivity index (χ1) is 32.8. The van der Waals surface area contributed by atoms with E-state index in [-0.39, 0.29) is 28.5 Å². The molecule has 0 bridgehead atoms. The van der Waals surface area contributed by atoms with Crippen LogP contribution in [-0.4, -0.2) is 47.4 Å². The van der Waals surface area contributed by atoms with Crippen molar-refractivity contribution in [2.75, 3.05) is 6.26 Å². The number of imidazole rings is 2. The standard InChI is InChI=1S/C46H29F13N4O6S2/c1-23(2)71(66,67)31-15-16-33(38(22-31)69-29-13-9-26(10-14-29)62-36-6-4-5-34(43(48,49)50)39(36)60-41(62)45(54,55)56)24-17-35(44(51,52)53)40-37(18-24)63(42(61-40)46(57,58)59)27-7-11-28(12-8-27)68-30-19-25(47)20-32(21-30)70(3,64)65/h4-23H,1-3H3. The molecule has 0 aliphatic rings. The maximum atomic E-state index is 15.0. The van der Waals surface area contributed by atoms with Crippen LogP contribution in [0.4, 0.5) is 57.1 Å². The van der Waals surface area contributed by atoms with E-state index in [1.165, 1.54) is 13.8 Å². The molecule has 0 fully saturated rings. The van der Waals surface area contributed by atoms with Crippen LogP contribution in [0.3, 0.4) is 0 Å². The number of hydrogen-bond donors (Lipinski definition) is 0. The first kappa shape index (κ1) is 50.2. The molecule has 0 aliphatic carbocycles. The highest BCUT2D eigenvalue weighted by atomic mass is 32.2. The number of fused-ring (bicyclic) bond motifs is 2. The first-order valence-electron chi connectivity index (χ1n) is 20.1. The minimum Gasteiger partial charge on any atom is -0.457 e. The third-order valence-electron chi connectivity index (χ3n) is 10.7. The zero-order chi connectivity index (χ0) is 52.0. The fourth-order valence-electron chi connectivity index (χ4n) is 7.45. The third kappa shape index (κ3) is 9.83. The molecule has 2 aromatic heterocycles. The molecule has 372 valence electrons. The van der Waals surface area contributed by atoms with Gasteiger partial charge < -0.3 is 9.47 Å². The van der Waals surface area contributed by atoms with Crippen LogP contribution in [0.15, 0.2) is 125 Å². The summed E-state index contributed by atoms with van der Waals surface area (Å²) in [4.78, 5) is 5.76. The van der Waals surface area contributed by atoms with Gasteiger partial charge in [0.1, 0.15) is 39.8 Å². The molecule has 10 nitrogen and oxygen atoms in total. The molecule has 6 aromatic carbocycles. The number of aromatic nitrogens is 4. The molecular weight excluding hydrogens is 1020 g/mol. The van der Waals surface area contributed by atoms with Gasteiger partial charge in [-0.25, -0.2) is 31.2 Å². The van der Waals surface area contributed by atoms with Gasteiger partial charge in [-0.1, -0.05) is 6.07 Å². The zero-order valence-corrected chi connectivity index (χ0v) is 37.6. The highest BCUT2D eigenvalue weighted by Crippen LogP contribution is 2.46. The summed E-state index contributed by atoms with van der Waals surface area (Å²) >= 11 is 0. The summed E-state index contributed by atoms with van der Waals surface area (Å²) in [6.07, 6.45) is -20.4. The van der Waals surface area contributed by atoms with Crippen molar-refractivity contribution in [3.63, 3.8) is 0 Å². The Balaban J connectivity index is 1.27. The second-order valence-corrected chi connectivity index (χ2v) is 20.5. The van der Waals surface area contributed by atoms with E-state index in [0.717, 1.165) is 109 Å².